The number of nitrogens with zero attached hydrogens (tertiary/aromatic N) is 1. The highest BCUT2D eigenvalue weighted by Gasteiger charge is 2.18. The zero-order valence-electron chi connectivity index (χ0n) is 11.8. The number of rotatable bonds is 6. The molecule has 0 spiro atoms. The molecule has 106 valence electrons. The van der Waals surface area contributed by atoms with E-state index in [0.29, 0.717) is 12.1 Å². The number of amides is 1. The first-order chi connectivity index (χ1) is 9.47. The predicted octanol–water partition coefficient (Wildman–Crippen LogP) is 3.10. The number of anilines is 1. The molecule has 0 unspecified atom stereocenters. The molecule has 1 amide bonds. The number of benzene rings is 1. The maximum Gasteiger partial charge on any atom is 0.323 e. The number of carboxylic acids is 1. The fourth-order valence-electron chi connectivity index (χ4n) is 1.88. The fraction of sp³-hybridized carbons (Fsp3) is 0.250. The van der Waals surface area contributed by atoms with Crippen LogP contribution in [0.3, 0.4) is 0 Å². The molecule has 0 saturated heterocycles. The second-order valence-electron chi connectivity index (χ2n) is 4.39. The van der Waals surface area contributed by atoms with Gasteiger partial charge < -0.3 is 10.0 Å². The highest BCUT2D eigenvalue weighted by molar-refractivity contribution is 5.98. The second-order valence-corrected chi connectivity index (χ2v) is 4.39. The molecule has 1 rings (SSSR count). The summed E-state index contributed by atoms with van der Waals surface area (Å²) in [5, 5.41) is 8.94. The normalized spacial score (nSPS) is 10.5. The summed E-state index contributed by atoms with van der Waals surface area (Å²) in [7, 11) is 0. The first-order valence-electron chi connectivity index (χ1n) is 6.35. The van der Waals surface area contributed by atoms with Gasteiger partial charge in [-0.05, 0) is 25.0 Å². The number of para-hydroxylation sites is 1. The van der Waals surface area contributed by atoms with E-state index in [1.807, 2.05) is 31.2 Å². The van der Waals surface area contributed by atoms with Gasteiger partial charge in [-0.3, -0.25) is 9.59 Å². The van der Waals surface area contributed by atoms with Gasteiger partial charge in [0.05, 0.1) is 5.69 Å². The summed E-state index contributed by atoms with van der Waals surface area (Å²) in [6.45, 7) is 6.93. The Morgan fingerprint density at radius 1 is 1.35 bits per heavy atom. The van der Waals surface area contributed by atoms with Crippen LogP contribution in [-0.4, -0.2) is 23.5 Å². The van der Waals surface area contributed by atoms with Crippen molar-refractivity contribution in [3.63, 3.8) is 0 Å². The lowest BCUT2D eigenvalue weighted by Crippen LogP contribution is -2.34. The SMILES string of the molecule is C=C(CC=CC)c1ccccc1N(CC(=O)O)C(C)=O. The zero-order chi connectivity index (χ0) is 15.1. The van der Waals surface area contributed by atoms with Gasteiger partial charge in [0, 0.05) is 12.5 Å². The number of carbonyl (C=O) groups is 2. The predicted molar refractivity (Wildman–Crippen MR) is 80.6 cm³/mol. The molecule has 0 radical (unpaired) electrons. The largest absolute Gasteiger partial charge is 0.480 e. The van der Waals surface area contributed by atoms with Gasteiger partial charge in [-0.15, -0.1) is 0 Å². The Morgan fingerprint density at radius 3 is 2.55 bits per heavy atom. The van der Waals surface area contributed by atoms with Crippen LogP contribution in [0.4, 0.5) is 5.69 Å². The summed E-state index contributed by atoms with van der Waals surface area (Å²) in [6.07, 6.45) is 4.55. The highest BCUT2D eigenvalue weighted by atomic mass is 16.4. The Bertz CT molecular complexity index is 546. The molecule has 4 heteroatoms. The third kappa shape index (κ3) is 4.09. The van der Waals surface area contributed by atoms with Crippen LogP contribution in [0.5, 0.6) is 0 Å². The van der Waals surface area contributed by atoms with Crippen LogP contribution in [-0.2, 0) is 9.59 Å². The van der Waals surface area contributed by atoms with Gasteiger partial charge in [-0.2, -0.15) is 0 Å². The first kappa shape index (κ1) is 15.7. The molecule has 0 fully saturated rings. The van der Waals surface area contributed by atoms with Crippen molar-refractivity contribution in [2.75, 3.05) is 11.4 Å². The van der Waals surface area contributed by atoms with Crippen LogP contribution in [0.25, 0.3) is 5.57 Å². The van der Waals surface area contributed by atoms with E-state index in [1.54, 1.807) is 12.1 Å². The highest BCUT2D eigenvalue weighted by Crippen LogP contribution is 2.28. The monoisotopic (exact) mass is 273 g/mol. The van der Waals surface area contributed by atoms with Crippen molar-refractivity contribution in [1.82, 2.24) is 0 Å². The molecule has 0 bridgehead atoms. The topological polar surface area (TPSA) is 57.6 Å². The Kier molecular flexibility index (Phi) is 5.72. The standard InChI is InChI=1S/C16H19NO3/c1-4-5-8-12(2)14-9-6-7-10-15(14)17(13(3)18)11-16(19)20/h4-7,9-10H,2,8,11H2,1,3H3,(H,19,20). The minimum atomic E-state index is -1.05. The van der Waals surface area contributed by atoms with E-state index >= 15 is 0 Å². The molecule has 1 N–H and O–H groups in total. The van der Waals surface area contributed by atoms with Crippen molar-refractivity contribution < 1.29 is 14.7 Å². The second kappa shape index (κ2) is 7.28. The number of hydrogen-bond donors (Lipinski definition) is 1. The fourth-order valence-corrected chi connectivity index (χ4v) is 1.88. The van der Waals surface area contributed by atoms with Crippen molar-refractivity contribution >= 4 is 23.1 Å². The van der Waals surface area contributed by atoms with Crippen molar-refractivity contribution in [3.05, 3.63) is 48.6 Å². The van der Waals surface area contributed by atoms with Gasteiger partial charge in [0.15, 0.2) is 0 Å². The summed E-state index contributed by atoms with van der Waals surface area (Å²) in [4.78, 5) is 23.8. The lowest BCUT2D eigenvalue weighted by Gasteiger charge is -2.22. The Labute approximate surface area is 119 Å². The molecular formula is C16H19NO3. The van der Waals surface area contributed by atoms with Crippen LogP contribution >= 0.6 is 0 Å². The van der Waals surface area contributed by atoms with Crippen LogP contribution in [0.15, 0.2) is 43.0 Å². The average Bonchev–Trinajstić information content (AvgIpc) is 2.41. The van der Waals surface area contributed by atoms with Crippen LogP contribution in [0.2, 0.25) is 0 Å². The maximum atomic E-state index is 11.7. The molecule has 0 atom stereocenters. The van der Waals surface area contributed by atoms with Crippen molar-refractivity contribution in [2.45, 2.75) is 20.3 Å². The molecule has 1 aromatic rings. The number of carbonyl (C=O) groups excluding carboxylic acids is 1. The third-order valence-corrected chi connectivity index (χ3v) is 2.85. The van der Waals surface area contributed by atoms with Gasteiger partial charge in [-0.25, -0.2) is 0 Å². The summed E-state index contributed by atoms with van der Waals surface area (Å²) in [5.74, 6) is -1.35. The average molecular weight is 273 g/mol. The number of carboxylic acid groups (broad SMARTS) is 1. The minimum Gasteiger partial charge on any atom is -0.480 e. The maximum absolute atomic E-state index is 11.7. The molecule has 4 nitrogen and oxygen atoms in total. The summed E-state index contributed by atoms with van der Waals surface area (Å²) in [6, 6.07) is 7.21. The van der Waals surface area contributed by atoms with Crippen molar-refractivity contribution in [2.24, 2.45) is 0 Å². The Balaban J connectivity index is 3.18. The molecular weight excluding hydrogens is 254 g/mol. The Morgan fingerprint density at radius 2 is 2.00 bits per heavy atom. The van der Waals surface area contributed by atoms with E-state index in [4.69, 9.17) is 5.11 Å². The smallest absolute Gasteiger partial charge is 0.323 e. The summed E-state index contributed by atoms with van der Waals surface area (Å²) < 4.78 is 0. The molecule has 1 aromatic carbocycles. The molecule has 0 aliphatic carbocycles. The van der Waals surface area contributed by atoms with Crippen molar-refractivity contribution in [1.29, 1.82) is 0 Å². The molecule has 0 heterocycles. The number of allylic oxidation sites excluding steroid dienone is 3. The Hall–Kier alpha value is -2.36. The van der Waals surface area contributed by atoms with E-state index in [9.17, 15) is 9.59 Å². The van der Waals surface area contributed by atoms with Gasteiger partial charge in [0.2, 0.25) is 5.91 Å². The van der Waals surface area contributed by atoms with E-state index in [1.165, 1.54) is 11.8 Å². The van der Waals surface area contributed by atoms with Gasteiger partial charge in [0.25, 0.3) is 0 Å². The molecule has 20 heavy (non-hydrogen) atoms. The lowest BCUT2D eigenvalue weighted by atomic mass is 10.0. The number of hydrogen-bond acceptors (Lipinski definition) is 2. The van der Waals surface area contributed by atoms with E-state index in [-0.39, 0.29) is 12.5 Å². The third-order valence-electron chi connectivity index (χ3n) is 2.85. The van der Waals surface area contributed by atoms with Crippen LogP contribution in [0.1, 0.15) is 25.8 Å². The van der Waals surface area contributed by atoms with Crippen molar-refractivity contribution in [3.8, 4) is 0 Å². The van der Waals surface area contributed by atoms with E-state index < -0.39 is 5.97 Å². The molecule has 0 saturated carbocycles. The minimum absolute atomic E-state index is 0.307. The van der Waals surface area contributed by atoms with Gasteiger partial charge >= 0.3 is 5.97 Å². The number of aliphatic carboxylic acids is 1. The summed E-state index contributed by atoms with van der Waals surface area (Å²) in [5.41, 5.74) is 2.22. The van der Waals surface area contributed by atoms with Crippen LogP contribution < -0.4 is 4.90 Å². The van der Waals surface area contributed by atoms with E-state index in [2.05, 4.69) is 6.58 Å². The zero-order valence-corrected chi connectivity index (χ0v) is 11.8. The first-order valence-corrected chi connectivity index (χ1v) is 6.35. The quantitative estimate of drug-likeness (QED) is 0.810. The molecule has 0 aliphatic rings. The molecule has 0 aromatic heterocycles. The van der Waals surface area contributed by atoms with Crippen LogP contribution in [0, 0.1) is 0 Å². The lowest BCUT2D eigenvalue weighted by molar-refractivity contribution is -0.136. The molecule has 0 aliphatic heterocycles. The van der Waals surface area contributed by atoms with Gasteiger partial charge in [-0.1, -0.05) is 36.9 Å². The summed E-state index contributed by atoms with van der Waals surface area (Å²) >= 11 is 0. The van der Waals surface area contributed by atoms with Gasteiger partial charge in [0.1, 0.15) is 6.54 Å². The van der Waals surface area contributed by atoms with E-state index in [0.717, 1.165) is 11.1 Å².